The Morgan fingerprint density at radius 1 is 1.06 bits per heavy atom. The number of halogens is 3. The average Bonchev–Trinajstić information content (AvgIpc) is 3.13. The summed E-state index contributed by atoms with van der Waals surface area (Å²) in [4.78, 5) is 25.7. The highest BCUT2D eigenvalue weighted by Crippen LogP contribution is 2.33. The number of rotatable bonds is 6. The van der Waals surface area contributed by atoms with Crippen LogP contribution in [0.5, 0.6) is 5.75 Å². The zero-order valence-corrected chi connectivity index (χ0v) is 18.3. The molecule has 4 aromatic rings. The fraction of sp³-hybridized carbons (Fsp3) is 0.0833. The number of aryl methyl sites for hydroxylation is 1. The monoisotopic (exact) mass is 471 g/mol. The van der Waals surface area contributed by atoms with E-state index in [2.05, 4.69) is 5.32 Å². The molecule has 0 radical (unpaired) electrons. The van der Waals surface area contributed by atoms with Gasteiger partial charge in [-0.25, -0.2) is 4.39 Å². The van der Waals surface area contributed by atoms with Gasteiger partial charge < -0.3 is 14.5 Å². The fourth-order valence-corrected chi connectivity index (χ4v) is 3.57. The maximum atomic E-state index is 14.0. The minimum Gasteiger partial charge on any atom is -0.482 e. The van der Waals surface area contributed by atoms with E-state index in [9.17, 15) is 14.0 Å². The number of hydrogen-bond donors (Lipinski definition) is 1. The summed E-state index contributed by atoms with van der Waals surface area (Å²) in [6.07, 6.45) is 0. The second-order valence-electron chi connectivity index (χ2n) is 7.01. The molecule has 162 valence electrons. The molecule has 4 rings (SSSR count). The van der Waals surface area contributed by atoms with E-state index in [4.69, 9.17) is 32.4 Å². The molecule has 0 saturated heterocycles. The lowest BCUT2D eigenvalue weighted by Gasteiger charge is -2.09. The quantitative estimate of drug-likeness (QED) is 0.328. The van der Waals surface area contributed by atoms with Crippen LogP contribution >= 0.6 is 23.2 Å². The number of ether oxygens (including phenoxy) is 1. The third kappa shape index (κ3) is 4.47. The van der Waals surface area contributed by atoms with Crippen molar-refractivity contribution >= 4 is 51.5 Å². The highest BCUT2D eigenvalue weighted by molar-refractivity contribution is 6.35. The van der Waals surface area contributed by atoms with Gasteiger partial charge in [-0.1, -0.05) is 47.5 Å². The third-order valence-corrected chi connectivity index (χ3v) is 5.28. The van der Waals surface area contributed by atoms with Crippen LogP contribution in [0.3, 0.4) is 0 Å². The predicted molar refractivity (Wildman–Crippen MR) is 121 cm³/mol. The molecule has 0 aliphatic carbocycles. The number of carbonyl (C=O) groups is 2. The molecule has 1 aromatic heterocycles. The van der Waals surface area contributed by atoms with Crippen molar-refractivity contribution in [3.05, 3.63) is 93.4 Å². The highest BCUT2D eigenvalue weighted by atomic mass is 35.5. The van der Waals surface area contributed by atoms with E-state index in [0.29, 0.717) is 21.6 Å². The van der Waals surface area contributed by atoms with Crippen LogP contribution in [0, 0.1) is 12.7 Å². The number of carbonyl (C=O) groups excluding carboxylic acids is 2. The second kappa shape index (κ2) is 9.02. The van der Waals surface area contributed by atoms with Gasteiger partial charge in [-0.3, -0.25) is 9.59 Å². The number of amides is 1. The van der Waals surface area contributed by atoms with Crippen LogP contribution in [-0.2, 0) is 4.79 Å². The van der Waals surface area contributed by atoms with Crippen molar-refractivity contribution in [2.24, 2.45) is 0 Å². The molecule has 1 heterocycles. The lowest BCUT2D eigenvalue weighted by Crippen LogP contribution is -2.21. The molecule has 0 unspecified atom stereocenters. The number of furan rings is 1. The van der Waals surface area contributed by atoms with Crippen LogP contribution in [0.15, 0.2) is 65.1 Å². The van der Waals surface area contributed by atoms with Crippen molar-refractivity contribution in [1.82, 2.24) is 0 Å². The van der Waals surface area contributed by atoms with Crippen LogP contribution in [0.25, 0.3) is 11.0 Å². The summed E-state index contributed by atoms with van der Waals surface area (Å²) < 4.78 is 25.2. The zero-order valence-electron chi connectivity index (χ0n) is 16.7. The maximum absolute atomic E-state index is 14.0. The molecule has 0 fully saturated rings. The van der Waals surface area contributed by atoms with E-state index in [1.807, 2.05) is 0 Å². The number of ketones is 1. The standard InChI is InChI=1S/C24H16Cl2FNO4/c1-13-6-7-14(10-18(13)27)23(30)24-22(16-4-2-3-5-19(16)32-24)28-21(29)12-31-20-9-8-15(25)11-17(20)26/h2-11H,12H2,1H3,(H,28,29). The Morgan fingerprint density at radius 2 is 1.84 bits per heavy atom. The van der Waals surface area contributed by atoms with Crippen molar-refractivity contribution in [3.8, 4) is 5.75 Å². The van der Waals surface area contributed by atoms with Gasteiger partial charge in [0, 0.05) is 16.0 Å². The number of anilines is 1. The van der Waals surface area contributed by atoms with Crippen molar-refractivity contribution in [2.75, 3.05) is 11.9 Å². The van der Waals surface area contributed by atoms with Crippen LogP contribution < -0.4 is 10.1 Å². The molecule has 1 amide bonds. The fourth-order valence-electron chi connectivity index (χ4n) is 3.11. The van der Waals surface area contributed by atoms with E-state index >= 15 is 0 Å². The van der Waals surface area contributed by atoms with Crippen LogP contribution in [0.4, 0.5) is 10.1 Å². The molecule has 0 spiro atoms. The summed E-state index contributed by atoms with van der Waals surface area (Å²) in [5, 5.41) is 3.90. The Labute approximate surface area is 192 Å². The Bertz CT molecular complexity index is 1350. The number of benzene rings is 3. The molecule has 0 bridgehead atoms. The van der Waals surface area contributed by atoms with E-state index in [0.717, 1.165) is 6.07 Å². The summed E-state index contributed by atoms with van der Waals surface area (Å²) in [7, 11) is 0. The molecule has 0 saturated carbocycles. The van der Waals surface area contributed by atoms with Gasteiger partial charge in [-0.05, 0) is 48.9 Å². The maximum Gasteiger partial charge on any atom is 0.262 e. The van der Waals surface area contributed by atoms with Crippen LogP contribution in [0.1, 0.15) is 21.7 Å². The molecule has 0 atom stereocenters. The number of para-hydroxylation sites is 1. The van der Waals surface area contributed by atoms with Gasteiger partial charge in [0.15, 0.2) is 12.4 Å². The van der Waals surface area contributed by atoms with E-state index in [-0.39, 0.29) is 34.4 Å². The zero-order chi connectivity index (χ0) is 22.8. The molecule has 0 aliphatic heterocycles. The average molecular weight is 472 g/mol. The number of hydrogen-bond acceptors (Lipinski definition) is 4. The molecule has 5 nitrogen and oxygen atoms in total. The van der Waals surface area contributed by atoms with Gasteiger partial charge in [0.2, 0.25) is 5.78 Å². The van der Waals surface area contributed by atoms with Gasteiger partial charge in [0.25, 0.3) is 5.91 Å². The first-order valence-electron chi connectivity index (χ1n) is 9.53. The van der Waals surface area contributed by atoms with E-state index < -0.39 is 17.5 Å². The normalized spacial score (nSPS) is 10.9. The number of fused-ring (bicyclic) bond motifs is 1. The second-order valence-corrected chi connectivity index (χ2v) is 7.85. The third-order valence-electron chi connectivity index (χ3n) is 4.75. The van der Waals surface area contributed by atoms with E-state index in [1.165, 1.54) is 18.2 Å². The Morgan fingerprint density at radius 3 is 2.59 bits per heavy atom. The first-order chi connectivity index (χ1) is 15.3. The Hall–Kier alpha value is -3.35. The summed E-state index contributed by atoms with van der Waals surface area (Å²) >= 11 is 11.9. The topological polar surface area (TPSA) is 68.5 Å². The predicted octanol–water partition coefficient (Wildman–Crippen LogP) is 6.44. The Kier molecular flexibility index (Phi) is 6.17. The van der Waals surface area contributed by atoms with Gasteiger partial charge in [0.05, 0.1) is 10.7 Å². The molecule has 1 N–H and O–H groups in total. The summed E-state index contributed by atoms with van der Waals surface area (Å²) in [6.45, 7) is 1.23. The molecule has 0 aliphatic rings. The minimum absolute atomic E-state index is 0.104. The first-order valence-corrected chi connectivity index (χ1v) is 10.3. The summed E-state index contributed by atoms with van der Waals surface area (Å²) in [6, 6.07) is 15.6. The van der Waals surface area contributed by atoms with Crippen molar-refractivity contribution < 1.29 is 23.1 Å². The first kappa shape index (κ1) is 21.9. The lowest BCUT2D eigenvalue weighted by molar-refractivity contribution is -0.118. The van der Waals surface area contributed by atoms with Gasteiger partial charge in [-0.15, -0.1) is 0 Å². The van der Waals surface area contributed by atoms with Gasteiger partial charge >= 0.3 is 0 Å². The highest BCUT2D eigenvalue weighted by Gasteiger charge is 2.24. The van der Waals surface area contributed by atoms with Crippen LogP contribution in [-0.4, -0.2) is 18.3 Å². The number of nitrogens with one attached hydrogen (secondary N) is 1. The molecule has 3 aromatic carbocycles. The molecular formula is C24H16Cl2FNO4. The minimum atomic E-state index is -0.558. The van der Waals surface area contributed by atoms with Crippen molar-refractivity contribution in [2.45, 2.75) is 6.92 Å². The van der Waals surface area contributed by atoms with Gasteiger partial charge in [-0.2, -0.15) is 0 Å². The summed E-state index contributed by atoms with van der Waals surface area (Å²) in [5.74, 6) is -1.42. The Balaban J connectivity index is 1.62. The van der Waals surface area contributed by atoms with Crippen molar-refractivity contribution in [3.63, 3.8) is 0 Å². The SMILES string of the molecule is Cc1ccc(C(=O)c2oc3ccccc3c2NC(=O)COc2ccc(Cl)cc2Cl)cc1F. The van der Waals surface area contributed by atoms with Crippen LogP contribution in [0.2, 0.25) is 10.0 Å². The smallest absolute Gasteiger partial charge is 0.262 e. The largest absolute Gasteiger partial charge is 0.482 e. The van der Waals surface area contributed by atoms with E-state index in [1.54, 1.807) is 43.3 Å². The van der Waals surface area contributed by atoms with Gasteiger partial charge in [0.1, 0.15) is 17.1 Å². The molecule has 8 heteroatoms. The lowest BCUT2D eigenvalue weighted by atomic mass is 10.0. The summed E-state index contributed by atoms with van der Waals surface area (Å²) in [5.41, 5.74) is 1.10. The molecular weight excluding hydrogens is 456 g/mol. The molecule has 32 heavy (non-hydrogen) atoms. The van der Waals surface area contributed by atoms with Crippen molar-refractivity contribution in [1.29, 1.82) is 0 Å².